The van der Waals surface area contributed by atoms with Gasteiger partial charge in [0, 0.05) is 0 Å². The van der Waals surface area contributed by atoms with Crippen LogP contribution in [0.25, 0.3) is 0 Å². The second kappa shape index (κ2) is 10.2. The van der Waals surface area contributed by atoms with Crippen LogP contribution in [0.1, 0.15) is 22.3 Å². The molecular weight excluding hydrogens is 312 g/mol. The highest BCUT2D eigenvalue weighted by Crippen LogP contribution is 2.12. The number of benzene rings is 3. The van der Waals surface area contributed by atoms with Crippen LogP contribution >= 0.6 is 0 Å². The maximum atomic E-state index is 2.29. The SMILES string of the molecule is C(=C\Cc1ccccc1C/C=C/Cc1ccccc1)/Cc1ccccc1. The van der Waals surface area contributed by atoms with E-state index in [0.29, 0.717) is 0 Å². The fourth-order valence-corrected chi connectivity index (χ4v) is 3.04. The van der Waals surface area contributed by atoms with E-state index in [9.17, 15) is 0 Å². The van der Waals surface area contributed by atoms with E-state index >= 15 is 0 Å². The Morgan fingerprint density at radius 1 is 0.385 bits per heavy atom. The van der Waals surface area contributed by atoms with Crippen molar-refractivity contribution in [1.29, 1.82) is 0 Å². The van der Waals surface area contributed by atoms with Crippen LogP contribution in [0.15, 0.2) is 109 Å². The van der Waals surface area contributed by atoms with E-state index < -0.39 is 0 Å². The zero-order valence-electron chi connectivity index (χ0n) is 15.2. The van der Waals surface area contributed by atoms with Crippen LogP contribution in [-0.4, -0.2) is 0 Å². The van der Waals surface area contributed by atoms with Crippen LogP contribution in [0.2, 0.25) is 0 Å². The molecule has 0 radical (unpaired) electrons. The van der Waals surface area contributed by atoms with E-state index in [2.05, 4.69) is 109 Å². The van der Waals surface area contributed by atoms with E-state index in [1.165, 1.54) is 22.3 Å². The predicted octanol–water partition coefficient (Wildman–Crippen LogP) is 6.37. The third-order valence-corrected chi connectivity index (χ3v) is 4.52. The maximum Gasteiger partial charge on any atom is -0.00945 e. The van der Waals surface area contributed by atoms with Gasteiger partial charge < -0.3 is 0 Å². The fourth-order valence-electron chi connectivity index (χ4n) is 3.04. The molecule has 0 aromatic heterocycles. The van der Waals surface area contributed by atoms with Gasteiger partial charge in [-0.25, -0.2) is 0 Å². The molecule has 3 aromatic carbocycles. The Balaban J connectivity index is 1.52. The maximum absolute atomic E-state index is 2.29. The normalized spacial score (nSPS) is 11.4. The van der Waals surface area contributed by atoms with Crippen molar-refractivity contribution in [2.45, 2.75) is 25.7 Å². The molecule has 26 heavy (non-hydrogen) atoms. The van der Waals surface area contributed by atoms with Gasteiger partial charge in [-0.05, 0) is 47.9 Å². The number of allylic oxidation sites excluding steroid dienone is 4. The summed E-state index contributed by atoms with van der Waals surface area (Å²) in [6.07, 6.45) is 13.1. The molecule has 0 fully saturated rings. The summed E-state index contributed by atoms with van der Waals surface area (Å²) in [5.41, 5.74) is 5.56. The lowest BCUT2D eigenvalue weighted by Gasteiger charge is -2.05. The molecule has 0 saturated heterocycles. The molecule has 0 spiro atoms. The minimum absolute atomic E-state index is 0.996. The standard InChI is InChI=1S/C26H26/c1-3-13-23(14-4-1)17-7-9-19-25-21-11-12-22-26(25)20-10-8-18-24-15-5-2-6-16-24/h1-16,21-22H,17-20H2/b9-7+,10-8+. The Morgan fingerprint density at radius 3 is 1.15 bits per heavy atom. The topological polar surface area (TPSA) is 0 Å². The van der Waals surface area contributed by atoms with Crippen molar-refractivity contribution in [2.75, 3.05) is 0 Å². The van der Waals surface area contributed by atoms with Gasteiger partial charge in [-0.15, -0.1) is 0 Å². The Hall–Kier alpha value is -2.86. The second-order valence-corrected chi connectivity index (χ2v) is 6.50. The second-order valence-electron chi connectivity index (χ2n) is 6.50. The molecule has 3 rings (SSSR count). The van der Waals surface area contributed by atoms with Crippen LogP contribution in [0, 0.1) is 0 Å². The number of rotatable bonds is 8. The van der Waals surface area contributed by atoms with Gasteiger partial charge in [-0.3, -0.25) is 0 Å². The molecule has 0 atom stereocenters. The highest BCUT2D eigenvalue weighted by atomic mass is 14.0. The molecule has 0 aliphatic rings. The van der Waals surface area contributed by atoms with Crippen molar-refractivity contribution >= 4 is 0 Å². The highest BCUT2D eigenvalue weighted by Gasteiger charge is 1.98. The van der Waals surface area contributed by atoms with Crippen LogP contribution in [0.3, 0.4) is 0 Å². The minimum Gasteiger partial charge on any atom is -0.0838 e. The summed E-state index contributed by atoms with van der Waals surface area (Å²) >= 11 is 0. The molecule has 0 unspecified atom stereocenters. The first-order valence-corrected chi connectivity index (χ1v) is 9.36. The molecule has 0 amide bonds. The molecule has 0 nitrogen and oxygen atoms in total. The number of hydrogen-bond acceptors (Lipinski definition) is 0. The minimum atomic E-state index is 0.996. The first-order chi connectivity index (χ1) is 12.9. The summed E-state index contributed by atoms with van der Waals surface area (Å²) in [6, 6.07) is 30.0. The number of hydrogen-bond donors (Lipinski definition) is 0. The first kappa shape index (κ1) is 17.9. The molecule has 0 heteroatoms. The quantitative estimate of drug-likeness (QED) is 0.419. The van der Waals surface area contributed by atoms with E-state index in [-0.39, 0.29) is 0 Å². The summed E-state index contributed by atoms with van der Waals surface area (Å²) in [7, 11) is 0. The third-order valence-electron chi connectivity index (χ3n) is 4.52. The van der Waals surface area contributed by atoms with E-state index in [0.717, 1.165) is 25.7 Å². The lowest BCUT2D eigenvalue weighted by atomic mass is 10.0. The molecule has 0 bridgehead atoms. The molecule has 0 heterocycles. The van der Waals surface area contributed by atoms with Crippen molar-refractivity contribution in [1.82, 2.24) is 0 Å². The average Bonchev–Trinajstić information content (AvgIpc) is 2.71. The van der Waals surface area contributed by atoms with Gasteiger partial charge in [0.2, 0.25) is 0 Å². The molecular formula is C26H26. The van der Waals surface area contributed by atoms with Gasteiger partial charge in [0.05, 0.1) is 0 Å². The zero-order valence-corrected chi connectivity index (χ0v) is 15.2. The smallest absolute Gasteiger partial charge is 0.00945 e. The van der Waals surface area contributed by atoms with Gasteiger partial charge in [0.25, 0.3) is 0 Å². The van der Waals surface area contributed by atoms with Crippen LogP contribution in [-0.2, 0) is 25.7 Å². The fraction of sp³-hybridized carbons (Fsp3) is 0.154. The largest absolute Gasteiger partial charge is 0.0838 e. The van der Waals surface area contributed by atoms with E-state index in [1.807, 2.05) is 0 Å². The molecule has 0 aliphatic carbocycles. The van der Waals surface area contributed by atoms with Crippen molar-refractivity contribution in [2.24, 2.45) is 0 Å². The summed E-state index contributed by atoms with van der Waals surface area (Å²) in [4.78, 5) is 0. The Bertz CT molecular complexity index is 754. The summed E-state index contributed by atoms with van der Waals surface area (Å²) in [5.74, 6) is 0. The Labute approximate surface area is 157 Å². The summed E-state index contributed by atoms with van der Waals surface area (Å²) < 4.78 is 0. The molecule has 3 aromatic rings. The van der Waals surface area contributed by atoms with Gasteiger partial charge in [-0.2, -0.15) is 0 Å². The summed E-state index contributed by atoms with van der Waals surface area (Å²) in [5, 5.41) is 0. The van der Waals surface area contributed by atoms with Crippen molar-refractivity contribution in [3.63, 3.8) is 0 Å². The Morgan fingerprint density at radius 2 is 0.731 bits per heavy atom. The van der Waals surface area contributed by atoms with Gasteiger partial charge in [-0.1, -0.05) is 109 Å². The monoisotopic (exact) mass is 338 g/mol. The first-order valence-electron chi connectivity index (χ1n) is 9.36. The Kier molecular flexibility index (Phi) is 7.04. The lowest BCUT2D eigenvalue weighted by Crippen LogP contribution is -1.91. The highest BCUT2D eigenvalue weighted by molar-refractivity contribution is 5.31. The van der Waals surface area contributed by atoms with Crippen LogP contribution < -0.4 is 0 Å². The average molecular weight is 338 g/mol. The van der Waals surface area contributed by atoms with Crippen molar-refractivity contribution in [3.05, 3.63) is 131 Å². The van der Waals surface area contributed by atoms with E-state index in [4.69, 9.17) is 0 Å². The third kappa shape index (κ3) is 5.89. The van der Waals surface area contributed by atoms with Crippen LogP contribution in [0.4, 0.5) is 0 Å². The van der Waals surface area contributed by atoms with E-state index in [1.54, 1.807) is 0 Å². The molecule has 0 aliphatic heterocycles. The van der Waals surface area contributed by atoms with Crippen LogP contribution in [0.5, 0.6) is 0 Å². The molecule has 0 saturated carbocycles. The molecule has 0 N–H and O–H groups in total. The lowest BCUT2D eigenvalue weighted by molar-refractivity contribution is 1.13. The van der Waals surface area contributed by atoms with Crippen molar-refractivity contribution in [3.8, 4) is 0 Å². The predicted molar refractivity (Wildman–Crippen MR) is 112 cm³/mol. The van der Waals surface area contributed by atoms with Gasteiger partial charge in [0.15, 0.2) is 0 Å². The summed E-state index contributed by atoms with van der Waals surface area (Å²) in [6.45, 7) is 0. The van der Waals surface area contributed by atoms with Gasteiger partial charge in [0.1, 0.15) is 0 Å². The molecule has 130 valence electrons. The zero-order chi connectivity index (χ0) is 17.9. The van der Waals surface area contributed by atoms with Gasteiger partial charge >= 0.3 is 0 Å². The van der Waals surface area contributed by atoms with Crippen molar-refractivity contribution < 1.29 is 0 Å².